The molecule has 23 heavy (non-hydrogen) atoms. The molecule has 0 aliphatic heterocycles. The van der Waals surface area contributed by atoms with E-state index in [1.165, 1.54) is 16.7 Å². The van der Waals surface area contributed by atoms with Crippen molar-refractivity contribution >= 4 is 5.96 Å². The van der Waals surface area contributed by atoms with E-state index in [1.807, 2.05) is 18.2 Å². The molecule has 0 aromatic heterocycles. The van der Waals surface area contributed by atoms with Crippen molar-refractivity contribution in [3.05, 3.63) is 71.3 Å². The van der Waals surface area contributed by atoms with Gasteiger partial charge in [-0.1, -0.05) is 54.6 Å². The maximum atomic E-state index is 5.24. The van der Waals surface area contributed by atoms with Crippen molar-refractivity contribution < 1.29 is 4.74 Å². The number of nitrogens with zero attached hydrogens (tertiary/aromatic N) is 1. The first-order chi connectivity index (χ1) is 11.3. The molecule has 0 saturated heterocycles. The van der Waals surface area contributed by atoms with Gasteiger partial charge in [-0.2, -0.15) is 0 Å². The van der Waals surface area contributed by atoms with Crippen LogP contribution in [0.25, 0.3) is 0 Å². The smallest absolute Gasteiger partial charge is 0.191 e. The maximum Gasteiger partial charge on any atom is 0.191 e. The third kappa shape index (κ3) is 5.75. The van der Waals surface area contributed by atoms with Crippen LogP contribution in [0, 0.1) is 0 Å². The van der Waals surface area contributed by atoms with Gasteiger partial charge in [0, 0.05) is 27.2 Å². The summed E-state index contributed by atoms with van der Waals surface area (Å²) in [6.07, 6.45) is 0.974. The molecule has 0 aliphatic carbocycles. The van der Waals surface area contributed by atoms with E-state index < -0.39 is 0 Å². The molecule has 0 heterocycles. The van der Waals surface area contributed by atoms with E-state index in [0.717, 1.165) is 25.5 Å². The summed E-state index contributed by atoms with van der Waals surface area (Å²) in [5.41, 5.74) is 3.74. The van der Waals surface area contributed by atoms with Crippen molar-refractivity contribution in [3.8, 4) is 0 Å². The number of benzene rings is 2. The molecule has 0 saturated carbocycles. The molecule has 2 rings (SSSR count). The Kier molecular flexibility index (Phi) is 7.14. The number of hydrogen-bond acceptors (Lipinski definition) is 2. The van der Waals surface area contributed by atoms with Gasteiger partial charge in [0.05, 0.1) is 6.61 Å². The fourth-order valence-electron chi connectivity index (χ4n) is 2.40. The van der Waals surface area contributed by atoms with E-state index in [0.29, 0.717) is 6.61 Å². The van der Waals surface area contributed by atoms with Gasteiger partial charge in [0.25, 0.3) is 0 Å². The molecule has 2 aromatic rings. The minimum absolute atomic E-state index is 0.623. The van der Waals surface area contributed by atoms with E-state index in [9.17, 15) is 0 Å². The first-order valence-corrected chi connectivity index (χ1v) is 7.87. The molecule has 0 fully saturated rings. The second kappa shape index (κ2) is 9.64. The summed E-state index contributed by atoms with van der Waals surface area (Å²) in [6, 6.07) is 18.7. The summed E-state index contributed by atoms with van der Waals surface area (Å²) in [5.74, 6) is 0.813. The third-order valence-electron chi connectivity index (χ3n) is 3.64. The third-order valence-corrected chi connectivity index (χ3v) is 3.64. The normalized spacial score (nSPS) is 11.3. The Balaban J connectivity index is 1.81. The number of aliphatic imine (C=N–C) groups is 1. The van der Waals surface area contributed by atoms with Crippen LogP contribution in [-0.4, -0.2) is 26.7 Å². The van der Waals surface area contributed by atoms with Crippen LogP contribution >= 0.6 is 0 Å². The zero-order valence-corrected chi connectivity index (χ0v) is 13.9. The fourth-order valence-corrected chi connectivity index (χ4v) is 2.40. The largest absolute Gasteiger partial charge is 0.380 e. The lowest BCUT2D eigenvalue weighted by Crippen LogP contribution is -2.38. The highest BCUT2D eigenvalue weighted by Crippen LogP contribution is 2.09. The van der Waals surface area contributed by atoms with Gasteiger partial charge < -0.3 is 15.4 Å². The molecule has 4 heteroatoms. The van der Waals surface area contributed by atoms with Crippen LogP contribution in [0.4, 0.5) is 0 Å². The molecule has 2 aromatic carbocycles. The van der Waals surface area contributed by atoms with Crippen LogP contribution in [0.5, 0.6) is 0 Å². The van der Waals surface area contributed by atoms with Gasteiger partial charge in [0.15, 0.2) is 5.96 Å². The number of ether oxygens (including phenoxy) is 1. The first kappa shape index (κ1) is 17.0. The van der Waals surface area contributed by atoms with Crippen molar-refractivity contribution in [2.45, 2.75) is 19.6 Å². The Bertz CT molecular complexity index is 611. The maximum absolute atomic E-state index is 5.24. The number of hydrogen-bond donors (Lipinski definition) is 2. The van der Waals surface area contributed by atoms with Crippen molar-refractivity contribution in [2.75, 3.05) is 20.7 Å². The van der Waals surface area contributed by atoms with Gasteiger partial charge in [-0.15, -0.1) is 0 Å². The summed E-state index contributed by atoms with van der Waals surface area (Å²) in [4.78, 5) is 4.27. The zero-order chi connectivity index (χ0) is 16.3. The van der Waals surface area contributed by atoms with Gasteiger partial charge in [-0.05, 0) is 23.1 Å². The highest BCUT2D eigenvalue weighted by atomic mass is 16.5. The topological polar surface area (TPSA) is 45.7 Å². The van der Waals surface area contributed by atoms with Crippen LogP contribution in [-0.2, 0) is 24.3 Å². The minimum atomic E-state index is 0.623. The molecule has 0 spiro atoms. The molecule has 0 amide bonds. The molecule has 0 aliphatic rings. The quantitative estimate of drug-likeness (QED) is 0.610. The lowest BCUT2D eigenvalue weighted by molar-refractivity contribution is 0.184. The van der Waals surface area contributed by atoms with Crippen LogP contribution in [0.1, 0.15) is 16.7 Å². The molecule has 0 bridgehead atoms. The predicted molar refractivity (Wildman–Crippen MR) is 95.5 cm³/mol. The zero-order valence-electron chi connectivity index (χ0n) is 13.9. The summed E-state index contributed by atoms with van der Waals surface area (Å²) >= 11 is 0. The van der Waals surface area contributed by atoms with Gasteiger partial charge in [-0.25, -0.2) is 0 Å². The monoisotopic (exact) mass is 311 g/mol. The molecule has 4 nitrogen and oxygen atoms in total. The van der Waals surface area contributed by atoms with Gasteiger partial charge in [0.2, 0.25) is 0 Å². The second-order valence-corrected chi connectivity index (χ2v) is 5.29. The molecular formula is C19H25N3O. The molecule has 2 N–H and O–H groups in total. The Labute approximate surface area is 138 Å². The summed E-state index contributed by atoms with van der Waals surface area (Å²) < 4.78 is 5.24. The van der Waals surface area contributed by atoms with Crippen LogP contribution in [0.15, 0.2) is 59.6 Å². The van der Waals surface area contributed by atoms with Gasteiger partial charge in [-0.3, -0.25) is 4.99 Å². The van der Waals surface area contributed by atoms with Gasteiger partial charge in [0.1, 0.15) is 0 Å². The van der Waals surface area contributed by atoms with E-state index in [1.54, 1.807) is 14.2 Å². The molecule has 122 valence electrons. The number of methoxy groups -OCH3 is 1. The Hall–Kier alpha value is -2.33. The van der Waals surface area contributed by atoms with Crippen LogP contribution in [0.2, 0.25) is 0 Å². The Morgan fingerprint density at radius 1 is 0.957 bits per heavy atom. The SMILES string of the molecule is CN=C(NCCc1ccccc1)NCc1ccccc1COC. The Morgan fingerprint density at radius 3 is 2.35 bits per heavy atom. The lowest BCUT2D eigenvalue weighted by Gasteiger charge is -2.14. The molecular weight excluding hydrogens is 286 g/mol. The van der Waals surface area contributed by atoms with Crippen molar-refractivity contribution in [3.63, 3.8) is 0 Å². The summed E-state index contributed by atoms with van der Waals surface area (Å²) in [6.45, 7) is 2.20. The average molecular weight is 311 g/mol. The lowest BCUT2D eigenvalue weighted by atomic mass is 10.1. The summed E-state index contributed by atoms with van der Waals surface area (Å²) in [5, 5.41) is 6.70. The highest BCUT2D eigenvalue weighted by molar-refractivity contribution is 5.79. The highest BCUT2D eigenvalue weighted by Gasteiger charge is 2.03. The van der Waals surface area contributed by atoms with Crippen molar-refractivity contribution in [1.82, 2.24) is 10.6 Å². The van der Waals surface area contributed by atoms with Crippen LogP contribution in [0.3, 0.4) is 0 Å². The van der Waals surface area contributed by atoms with Crippen molar-refractivity contribution in [2.24, 2.45) is 4.99 Å². The van der Waals surface area contributed by atoms with E-state index in [2.05, 4.69) is 52.0 Å². The van der Waals surface area contributed by atoms with E-state index in [-0.39, 0.29) is 0 Å². The van der Waals surface area contributed by atoms with Crippen LogP contribution < -0.4 is 10.6 Å². The first-order valence-electron chi connectivity index (χ1n) is 7.87. The minimum Gasteiger partial charge on any atom is -0.380 e. The second-order valence-electron chi connectivity index (χ2n) is 5.29. The van der Waals surface area contributed by atoms with E-state index >= 15 is 0 Å². The van der Waals surface area contributed by atoms with E-state index in [4.69, 9.17) is 4.74 Å². The number of rotatable bonds is 7. The summed E-state index contributed by atoms with van der Waals surface area (Å²) in [7, 11) is 3.51. The average Bonchev–Trinajstić information content (AvgIpc) is 2.60. The predicted octanol–water partition coefficient (Wildman–Crippen LogP) is 2.74. The molecule has 0 radical (unpaired) electrons. The number of guanidine groups is 1. The Morgan fingerprint density at radius 2 is 1.65 bits per heavy atom. The standard InChI is InChI=1S/C19H25N3O/c1-20-19(21-13-12-16-8-4-3-5-9-16)22-14-17-10-6-7-11-18(17)15-23-2/h3-11H,12-15H2,1-2H3,(H2,20,21,22). The number of nitrogens with one attached hydrogen (secondary N) is 2. The molecule has 0 unspecified atom stereocenters. The van der Waals surface area contributed by atoms with Gasteiger partial charge >= 0.3 is 0 Å². The molecule has 0 atom stereocenters. The van der Waals surface area contributed by atoms with Crippen molar-refractivity contribution in [1.29, 1.82) is 0 Å². The fraction of sp³-hybridized carbons (Fsp3) is 0.316.